The van der Waals surface area contributed by atoms with E-state index in [2.05, 4.69) is 21.4 Å². The maximum atomic E-state index is 12.3. The number of carbonyl (C=O) groups is 1. The number of nitrogen functional groups attached to an aromatic ring is 1. The summed E-state index contributed by atoms with van der Waals surface area (Å²) < 4.78 is 0. The highest BCUT2D eigenvalue weighted by Gasteiger charge is 2.14. The highest BCUT2D eigenvalue weighted by atomic mass is 32.1. The molecule has 4 N–H and O–H groups in total. The van der Waals surface area contributed by atoms with Crippen LogP contribution in [0.2, 0.25) is 0 Å². The molecule has 3 heterocycles. The van der Waals surface area contributed by atoms with E-state index in [9.17, 15) is 4.79 Å². The van der Waals surface area contributed by atoms with Gasteiger partial charge in [0.2, 0.25) is 5.91 Å². The highest BCUT2D eigenvalue weighted by Crippen LogP contribution is 2.33. The molecule has 4 aromatic rings. The molecule has 132 valence electrons. The topological polar surface area (TPSA) is 83.8 Å². The Hall–Kier alpha value is -2.64. The summed E-state index contributed by atoms with van der Waals surface area (Å²) in [4.78, 5) is 22.1. The second-order valence-electron chi connectivity index (χ2n) is 5.94. The number of nitrogens with two attached hydrogens (primary N) is 1. The summed E-state index contributed by atoms with van der Waals surface area (Å²) in [5.74, 6) is 0.0272. The number of thiophene rings is 1. The van der Waals surface area contributed by atoms with E-state index in [0.29, 0.717) is 24.5 Å². The zero-order chi connectivity index (χ0) is 17.9. The molecule has 0 aliphatic carbocycles. The lowest BCUT2D eigenvalue weighted by Crippen LogP contribution is -2.22. The molecular formula is C19H18N4OS2. The Balaban J connectivity index is 1.38. The second-order valence-corrected chi connectivity index (χ2v) is 8.00. The minimum absolute atomic E-state index is 0.0272. The molecule has 1 aromatic carbocycles. The predicted octanol–water partition coefficient (Wildman–Crippen LogP) is 4.18. The Morgan fingerprint density at radius 3 is 2.96 bits per heavy atom. The quantitative estimate of drug-likeness (QED) is 0.468. The minimum Gasteiger partial charge on any atom is -0.375 e. The van der Waals surface area contributed by atoms with Crippen LogP contribution in [-0.2, 0) is 17.8 Å². The molecule has 0 aliphatic rings. The Labute approximate surface area is 158 Å². The van der Waals surface area contributed by atoms with Crippen LogP contribution in [0.1, 0.15) is 16.9 Å². The normalized spacial score (nSPS) is 11.1. The number of benzene rings is 1. The zero-order valence-corrected chi connectivity index (χ0v) is 15.6. The van der Waals surface area contributed by atoms with Crippen molar-refractivity contribution in [3.05, 3.63) is 58.4 Å². The Kier molecular flexibility index (Phi) is 4.73. The fraction of sp³-hybridized carbons (Fsp3) is 0.158. The van der Waals surface area contributed by atoms with Gasteiger partial charge in [0.25, 0.3) is 0 Å². The number of para-hydroxylation sites is 1. The fourth-order valence-corrected chi connectivity index (χ4v) is 4.58. The molecule has 0 saturated heterocycles. The summed E-state index contributed by atoms with van der Waals surface area (Å²) in [7, 11) is 0. The lowest BCUT2D eigenvalue weighted by atomic mass is 10.1. The molecule has 4 rings (SSSR count). The van der Waals surface area contributed by atoms with Crippen molar-refractivity contribution in [3.8, 4) is 10.6 Å². The molecular weight excluding hydrogens is 364 g/mol. The number of nitrogens with one attached hydrogen (secondary N) is 2. The first-order valence-electron chi connectivity index (χ1n) is 8.31. The number of rotatable bonds is 6. The maximum Gasteiger partial charge on any atom is 0.220 e. The first-order valence-corrected chi connectivity index (χ1v) is 10.0. The van der Waals surface area contributed by atoms with E-state index in [1.807, 2.05) is 41.9 Å². The van der Waals surface area contributed by atoms with Crippen LogP contribution >= 0.6 is 22.7 Å². The van der Waals surface area contributed by atoms with Crippen molar-refractivity contribution in [2.24, 2.45) is 0 Å². The SMILES string of the molecule is Nc1nc(-c2cccs2)c(CCC(=O)NCc2c[nH]c3ccccc23)s1. The summed E-state index contributed by atoms with van der Waals surface area (Å²) in [5.41, 5.74) is 8.96. The molecule has 1 amide bonds. The molecule has 0 radical (unpaired) electrons. The number of fused-ring (bicyclic) bond motifs is 1. The molecule has 0 atom stereocenters. The van der Waals surface area contributed by atoms with Crippen molar-refractivity contribution < 1.29 is 4.79 Å². The zero-order valence-electron chi connectivity index (χ0n) is 14.0. The Morgan fingerprint density at radius 2 is 2.12 bits per heavy atom. The van der Waals surface area contributed by atoms with Crippen LogP contribution in [0.15, 0.2) is 48.0 Å². The molecule has 26 heavy (non-hydrogen) atoms. The third-order valence-corrected chi connectivity index (χ3v) is 6.02. The van der Waals surface area contributed by atoms with Crippen LogP contribution in [0.25, 0.3) is 21.5 Å². The van der Waals surface area contributed by atoms with Gasteiger partial charge in [-0.1, -0.05) is 24.3 Å². The van der Waals surface area contributed by atoms with Crippen molar-refractivity contribution in [1.82, 2.24) is 15.3 Å². The van der Waals surface area contributed by atoms with E-state index in [0.717, 1.165) is 31.9 Å². The van der Waals surface area contributed by atoms with Gasteiger partial charge in [-0.25, -0.2) is 4.98 Å². The summed E-state index contributed by atoms with van der Waals surface area (Å²) >= 11 is 3.09. The number of aryl methyl sites for hydroxylation is 1. The molecule has 0 saturated carbocycles. The number of anilines is 1. The third kappa shape index (κ3) is 3.49. The van der Waals surface area contributed by atoms with E-state index in [1.54, 1.807) is 11.3 Å². The number of carbonyl (C=O) groups excluding carboxylic acids is 1. The van der Waals surface area contributed by atoms with Gasteiger partial charge >= 0.3 is 0 Å². The number of thiazole rings is 1. The van der Waals surface area contributed by atoms with Gasteiger partial charge in [0.15, 0.2) is 5.13 Å². The first kappa shape index (κ1) is 16.8. The average Bonchev–Trinajstić information content (AvgIpc) is 3.37. The smallest absolute Gasteiger partial charge is 0.220 e. The van der Waals surface area contributed by atoms with Crippen molar-refractivity contribution in [1.29, 1.82) is 0 Å². The van der Waals surface area contributed by atoms with Gasteiger partial charge in [-0.05, 0) is 29.5 Å². The van der Waals surface area contributed by atoms with Gasteiger partial charge in [0, 0.05) is 34.9 Å². The number of hydrogen-bond donors (Lipinski definition) is 3. The van der Waals surface area contributed by atoms with Gasteiger partial charge in [-0.2, -0.15) is 0 Å². The summed E-state index contributed by atoms with van der Waals surface area (Å²) in [6.45, 7) is 0.519. The molecule has 5 nitrogen and oxygen atoms in total. The van der Waals surface area contributed by atoms with Crippen molar-refractivity contribution in [3.63, 3.8) is 0 Å². The number of aromatic amines is 1. The number of H-pyrrole nitrogens is 1. The molecule has 0 bridgehead atoms. The lowest BCUT2D eigenvalue weighted by Gasteiger charge is -2.05. The van der Waals surface area contributed by atoms with Gasteiger partial charge in [0.1, 0.15) is 0 Å². The number of nitrogens with zero attached hydrogens (tertiary/aromatic N) is 1. The summed E-state index contributed by atoms with van der Waals surface area (Å²) in [5, 5.41) is 6.71. The number of amides is 1. The van der Waals surface area contributed by atoms with Crippen LogP contribution in [-0.4, -0.2) is 15.9 Å². The predicted molar refractivity (Wildman–Crippen MR) is 108 cm³/mol. The standard InChI is InChI=1S/C19H18N4OS2/c20-19-23-18(15-6-3-9-25-15)16(26-19)7-8-17(24)22-11-12-10-21-14-5-2-1-4-13(12)14/h1-6,9-10,21H,7-8,11H2,(H2,20,23)(H,22,24). The molecule has 0 aliphatic heterocycles. The minimum atomic E-state index is 0.0272. The highest BCUT2D eigenvalue weighted by molar-refractivity contribution is 7.17. The van der Waals surface area contributed by atoms with Gasteiger partial charge in [-0.3, -0.25) is 4.79 Å². The molecule has 0 spiro atoms. The second kappa shape index (κ2) is 7.31. The van der Waals surface area contributed by atoms with E-state index in [1.165, 1.54) is 11.3 Å². The van der Waals surface area contributed by atoms with Gasteiger partial charge in [0.05, 0.1) is 10.6 Å². The lowest BCUT2D eigenvalue weighted by molar-refractivity contribution is -0.121. The van der Waals surface area contributed by atoms with Crippen LogP contribution in [0.4, 0.5) is 5.13 Å². The van der Waals surface area contributed by atoms with E-state index in [4.69, 9.17) is 5.73 Å². The molecule has 7 heteroatoms. The van der Waals surface area contributed by atoms with Crippen molar-refractivity contribution >= 4 is 44.6 Å². The maximum absolute atomic E-state index is 12.3. The summed E-state index contributed by atoms with van der Waals surface area (Å²) in [6, 6.07) is 12.1. The molecule has 0 fully saturated rings. The summed E-state index contributed by atoms with van der Waals surface area (Å²) in [6.07, 6.45) is 3.01. The molecule has 0 unspecified atom stereocenters. The van der Waals surface area contributed by atoms with Crippen LogP contribution < -0.4 is 11.1 Å². The number of aromatic nitrogens is 2. The van der Waals surface area contributed by atoms with Crippen LogP contribution in [0.3, 0.4) is 0 Å². The largest absolute Gasteiger partial charge is 0.375 e. The Morgan fingerprint density at radius 1 is 1.23 bits per heavy atom. The first-order chi connectivity index (χ1) is 12.7. The average molecular weight is 383 g/mol. The third-order valence-electron chi connectivity index (χ3n) is 4.20. The monoisotopic (exact) mass is 382 g/mol. The van der Waals surface area contributed by atoms with Gasteiger partial charge in [-0.15, -0.1) is 22.7 Å². The van der Waals surface area contributed by atoms with E-state index in [-0.39, 0.29) is 5.91 Å². The van der Waals surface area contributed by atoms with E-state index < -0.39 is 0 Å². The van der Waals surface area contributed by atoms with Crippen LogP contribution in [0, 0.1) is 0 Å². The van der Waals surface area contributed by atoms with Crippen molar-refractivity contribution in [2.45, 2.75) is 19.4 Å². The Bertz CT molecular complexity index is 1030. The van der Waals surface area contributed by atoms with Gasteiger partial charge < -0.3 is 16.0 Å². The molecule has 3 aromatic heterocycles. The van der Waals surface area contributed by atoms with Crippen LogP contribution in [0.5, 0.6) is 0 Å². The van der Waals surface area contributed by atoms with E-state index >= 15 is 0 Å². The fourth-order valence-electron chi connectivity index (χ4n) is 2.93. The van der Waals surface area contributed by atoms with Crippen molar-refractivity contribution in [2.75, 3.05) is 5.73 Å². The number of hydrogen-bond acceptors (Lipinski definition) is 5.